The van der Waals surface area contributed by atoms with Crippen LogP contribution in [0.5, 0.6) is 11.6 Å². The molecule has 1 aromatic carbocycles. The van der Waals surface area contributed by atoms with Crippen LogP contribution in [0.4, 0.5) is 4.79 Å². The van der Waals surface area contributed by atoms with E-state index in [9.17, 15) is 4.79 Å². The Morgan fingerprint density at radius 3 is 2.15 bits per heavy atom. The van der Waals surface area contributed by atoms with Crippen molar-refractivity contribution in [3.8, 4) is 11.6 Å². The molecule has 2 aromatic rings. The highest BCUT2D eigenvalue weighted by molar-refractivity contribution is 14.2. The van der Waals surface area contributed by atoms with E-state index in [1.165, 1.54) is 9.21 Å². The second-order valence-electron chi connectivity index (χ2n) is 7.05. The molecule has 0 saturated carbocycles. The number of carbonyl (C=O) groups is 1. The average molecular weight is 736 g/mol. The summed E-state index contributed by atoms with van der Waals surface area (Å²) in [6.07, 6.45) is 2.81. The zero-order valence-corrected chi connectivity index (χ0v) is 27.0. The lowest BCUT2D eigenvalue weighted by atomic mass is 10.1. The molecule has 2 rings (SSSR count). The summed E-state index contributed by atoms with van der Waals surface area (Å²) in [5, 5.41) is 4.32. The van der Waals surface area contributed by atoms with Crippen LogP contribution in [0.25, 0.3) is 6.08 Å². The van der Waals surface area contributed by atoms with Crippen molar-refractivity contribution in [3.05, 3.63) is 47.2 Å². The zero-order valence-electron chi connectivity index (χ0n) is 21.0. The lowest BCUT2D eigenvalue weighted by Gasteiger charge is -2.19. The minimum Gasteiger partial charge on any atom is -0.497 e. The van der Waals surface area contributed by atoms with E-state index in [0.29, 0.717) is 17.1 Å². The van der Waals surface area contributed by atoms with Gasteiger partial charge < -0.3 is 13.7 Å². The molecule has 0 aliphatic rings. The van der Waals surface area contributed by atoms with Crippen molar-refractivity contribution in [2.75, 3.05) is 7.11 Å². The van der Waals surface area contributed by atoms with Crippen LogP contribution in [0.2, 0.25) is 0 Å². The van der Waals surface area contributed by atoms with Crippen LogP contribution in [-0.4, -0.2) is 28.6 Å². The molecule has 1 atom stereocenters. The van der Waals surface area contributed by atoms with Crippen molar-refractivity contribution in [3.63, 3.8) is 0 Å². The van der Waals surface area contributed by atoms with E-state index in [1.807, 2.05) is 92.2 Å². The van der Waals surface area contributed by atoms with Crippen LogP contribution in [-0.2, 0) is 8.92 Å². The Morgan fingerprint density at radius 2 is 1.68 bits per heavy atom. The molecular formula is C23H34I2N2O5S2. The molecule has 0 fully saturated rings. The fraction of sp³-hybridized carbons (Fsp3) is 0.478. The molecule has 11 heteroatoms. The molecular weight excluding hydrogens is 702 g/mol. The topological polar surface area (TPSA) is 71.8 Å². The zero-order chi connectivity index (χ0) is 26.3. The number of hydrogen-bond acceptors (Lipinski definition) is 8. The van der Waals surface area contributed by atoms with E-state index < -0.39 is 11.7 Å². The first kappa shape index (κ1) is 33.4. The van der Waals surface area contributed by atoms with E-state index in [1.54, 1.807) is 27.9 Å². The maximum absolute atomic E-state index is 12.6. The van der Waals surface area contributed by atoms with Gasteiger partial charge in [0.25, 0.3) is 0 Å². The Bertz CT molecular complexity index is 885. The number of halogens is 2. The summed E-state index contributed by atoms with van der Waals surface area (Å²) in [7, 11) is 3.96. The van der Waals surface area contributed by atoms with Gasteiger partial charge in [-0.1, -0.05) is 39.8 Å². The van der Waals surface area contributed by atoms with Crippen molar-refractivity contribution in [1.82, 2.24) is 9.78 Å². The maximum atomic E-state index is 12.6. The summed E-state index contributed by atoms with van der Waals surface area (Å²) in [5.74, 6) is 1.07. The Morgan fingerprint density at radius 1 is 1.09 bits per heavy atom. The number of carbonyl (C=O) groups excluding carboxylic acids is 1. The van der Waals surface area contributed by atoms with E-state index in [4.69, 9.17) is 17.8 Å². The van der Waals surface area contributed by atoms with Crippen molar-refractivity contribution >= 4 is 73.0 Å². The SMILES string of the molecule is CC.CC.COc1ccc(C(/C=C/c2c(C)nn(C(=O)OC(C)(C)C)c2OSI)OSI)cc1. The largest absolute Gasteiger partial charge is 0.497 e. The van der Waals surface area contributed by atoms with Gasteiger partial charge in [-0.2, -0.15) is 5.10 Å². The summed E-state index contributed by atoms with van der Waals surface area (Å²) in [4.78, 5) is 12.6. The monoisotopic (exact) mass is 736 g/mol. The first-order valence-corrected chi connectivity index (χ1v) is 17.3. The van der Waals surface area contributed by atoms with Crippen molar-refractivity contribution in [2.24, 2.45) is 0 Å². The van der Waals surface area contributed by atoms with Gasteiger partial charge in [-0.05, 0) is 57.5 Å². The predicted octanol–water partition coefficient (Wildman–Crippen LogP) is 9.18. The smallest absolute Gasteiger partial charge is 0.438 e. The van der Waals surface area contributed by atoms with Gasteiger partial charge in [0.1, 0.15) is 26.7 Å². The second kappa shape index (κ2) is 17.7. The first-order chi connectivity index (χ1) is 16.2. The third-order valence-electron chi connectivity index (χ3n) is 3.76. The summed E-state index contributed by atoms with van der Waals surface area (Å²) < 4.78 is 23.2. The van der Waals surface area contributed by atoms with Gasteiger partial charge in [0.15, 0.2) is 0 Å². The summed E-state index contributed by atoms with van der Waals surface area (Å²) in [6.45, 7) is 15.2. The van der Waals surface area contributed by atoms with Gasteiger partial charge in [-0.3, -0.25) is 4.18 Å². The third kappa shape index (κ3) is 11.0. The van der Waals surface area contributed by atoms with Crippen LogP contribution >= 0.6 is 60.8 Å². The van der Waals surface area contributed by atoms with Gasteiger partial charge in [0, 0.05) is 42.4 Å². The molecule has 0 aliphatic carbocycles. The maximum Gasteiger partial charge on any atom is 0.438 e. The number of rotatable bonds is 8. The minimum atomic E-state index is -0.646. The highest BCUT2D eigenvalue weighted by Crippen LogP contribution is 2.33. The van der Waals surface area contributed by atoms with Crippen LogP contribution in [0.1, 0.15) is 71.4 Å². The van der Waals surface area contributed by atoms with E-state index in [-0.39, 0.29) is 6.10 Å². The van der Waals surface area contributed by atoms with E-state index in [2.05, 4.69) is 26.3 Å². The van der Waals surface area contributed by atoms with Crippen molar-refractivity contribution < 1.29 is 22.6 Å². The van der Waals surface area contributed by atoms with E-state index >= 15 is 0 Å². The van der Waals surface area contributed by atoms with Crippen LogP contribution in [0, 0.1) is 6.92 Å². The number of aryl methyl sites for hydroxylation is 1. The number of ether oxygens (including phenoxy) is 2. The molecule has 0 aliphatic heterocycles. The Balaban J connectivity index is 0.00000258. The lowest BCUT2D eigenvalue weighted by molar-refractivity contribution is 0.0506. The number of hydrogen-bond donors (Lipinski definition) is 0. The van der Waals surface area contributed by atoms with Gasteiger partial charge in [0.05, 0.1) is 27.6 Å². The van der Waals surface area contributed by atoms with Gasteiger partial charge in [0.2, 0.25) is 5.88 Å². The minimum absolute atomic E-state index is 0.299. The quantitative estimate of drug-likeness (QED) is 0.196. The summed E-state index contributed by atoms with van der Waals surface area (Å²) in [6, 6.07) is 7.64. The van der Waals surface area contributed by atoms with Crippen molar-refractivity contribution in [1.29, 1.82) is 0 Å². The highest BCUT2D eigenvalue weighted by atomic mass is 127. The molecule has 0 bridgehead atoms. The number of nitrogens with zero attached hydrogens (tertiary/aromatic N) is 2. The van der Waals surface area contributed by atoms with Crippen LogP contribution in [0.15, 0.2) is 30.3 Å². The average Bonchev–Trinajstić information content (AvgIpc) is 3.14. The normalized spacial score (nSPS) is 11.6. The van der Waals surface area contributed by atoms with Crippen LogP contribution in [0.3, 0.4) is 0 Å². The van der Waals surface area contributed by atoms with Gasteiger partial charge in [-0.25, -0.2) is 4.79 Å². The molecule has 34 heavy (non-hydrogen) atoms. The first-order valence-electron chi connectivity index (χ1n) is 10.7. The predicted molar refractivity (Wildman–Crippen MR) is 161 cm³/mol. The lowest BCUT2D eigenvalue weighted by Crippen LogP contribution is -2.28. The molecule has 0 saturated heterocycles. The third-order valence-corrected chi connectivity index (χ3v) is 5.42. The molecule has 192 valence electrons. The Kier molecular flexibility index (Phi) is 17.4. The molecule has 0 radical (unpaired) electrons. The number of methoxy groups -OCH3 is 1. The fourth-order valence-electron chi connectivity index (χ4n) is 2.46. The standard InChI is InChI=1S/C19H22I2N2O5S2.2C2H6/c1-12-15(17(28-30-21)23(22-12)18(24)26-19(2,3)4)10-11-16(27-29-20)13-6-8-14(25-5)9-7-13;2*1-2/h6-11,16H,1-5H3;2*1-2H3/b11-10+;;. The second-order valence-corrected chi connectivity index (χ2v) is 9.82. The molecule has 7 nitrogen and oxygen atoms in total. The summed E-state index contributed by atoms with van der Waals surface area (Å²) >= 11 is 4.07. The molecule has 0 amide bonds. The van der Waals surface area contributed by atoms with Gasteiger partial charge >= 0.3 is 6.09 Å². The molecule has 0 spiro atoms. The highest BCUT2D eigenvalue weighted by Gasteiger charge is 2.25. The molecule has 1 aromatic heterocycles. The Hall–Kier alpha value is -0.640. The van der Waals surface area contributed by atoms with Crippen LogP contribution < -0.4 is 8.92 Å². The van der Waals surface area contributed by atoms with E-state index in [0.717, 1.165) is 25.2 Å². The number of aromatic nitrogens is 2. The molecule has 0 N–H and O–H groups in total. The van der Waals surface area contributed by atoms with Gasteiger partial charge in [-0.15, -0.1) is 4.68 Å². The molecule has 1 heterocycles. The molecule has 1 unspecified atom stereocenters. The van der Waals surface area contributed by atoms with Crippen molar-refractivity contribution in [2.45, 2.75) is 67.1 Å². The Labute approximate surface area is 236 Å². The fourth-order valence-corrected chi connectivity index (χ4v) is 4.12. The number of benzene rings is 1. The summed E-state index contributed by atoms with van der Waals surface area (Å²) in [5.41, 5.74) is 1.62.